The minimum atomic E-state index is 0.270. The largest absolute Gasteiger partial charge is 0.347 e. The van der Waals surface area contributed by atoms with E-state index in [1.54, 1.807) is 0 Å². The molecule has 1 atom stereocenters. The molecule has 0 amide bonds. The van der Waals surface area contributed by atoms with E-state index in [4.69, 9.17) is 5.73 Å². The van der Waals surface area contributed by atoms with Crippen LogP contribution in [0.2, 0.25) is 0 Å². The fourth-order valence-electron chi connectivity index (χ4n) is 2.73. The molecule has 98 valence electrons. The number of aromatic nitrogens is 1. The second kappa shape index (κ2) is 4.77. The van der Waals surface area contributed by atoms with E-state index >= 15 is 0 Å². The van der Waals surface area contributed by atoms with Crippen molar-refractivity contribution < 1.29 is 0 Å². The van der Waals surface area contributed by atoms with Crippen molar-refractivity contribution in [3.8, 4) is 0 Å². The first-order valence-electron chi connectivity index (χ1n) is 6.73. The maximum absolute atomic E-state index is 5.89. The van der Waals surface area contributed by atoms with Crippen molar-refractivity contribution in [3.63, 3.8) is 0 Å². The highest BCUT2D eigenvalue weighted by atomic mass is 14.9. The van der Waals surface area contributed by atoms with E-state index in [2.05, 4.69) is 51.4 Å². The zero-order valence-electron chi connectivity index (χ0n) is 12.2. The third-order valence-corrected chi connectivity index (χ3v) is 4.15. The van der Waals surface area contributed by atoms with Gasteiger partial charge in [0.25, 0.3) is 0 Å². The van der Waals surface area contributed by atoms with Crippen LogP contribution in [-0.4, -0.2) is 10.6 Å². The van der Waals surface area contributed by atoms with Gasteiger partial charge in [-0.15, -0.1) is 0 Å². The van der Waals surface area contributed by atoms with Crippen molar-refractivity contribution in [3.05, 3.63) is 34.5 Å². The molecule has 1 aromatic heterocycles. The third-order valence-electron chi connectivity index (χ3n) is 4.15. The molecule has 1 aromatic carbocycles. The number of nitrogens with zero attached hydrogens (tertiary/aromatic N) is 1. The summed E-state index contributed by atoms with van der Waals surface area (Å²) in [7, 11) is 2.17. The molecule has 1 heterocycles. The normalized spacial score (nSPS) is 13.2. The van der Waals surface area contributed by atoms with Gasteiger partial charge in [-0.05, 0) is 57.2 Å². The lowest BCUT2D eigenvalue weighted by molar-refractivity contribution is 0.664. The summed E-state index contributed by atoms with van der Waals surface area (Å²) in [5.41, 5.74) is 12.9. The predicted octanol–water partition coefficient (Wildman–Crippen LogP) is 3.38. The van der Waals surface area contributed by atoms with Gasteiger partial charge in [0.2, 0.25) is 0 Å². The van der Waals surface area contributed by atoms with Crippen molar-refractivity contribution in [2.45, 2.75) is 46.6 Å². The Morgan fingerprint density at radius 2 is 1.89 bits per heavy atom. The Labute approximate surface area is 110 Å². The first-order chi connectivity index (χ1) is 8.43. The van der Waals surface area contributed by atoms with E-state index in [1.165, 1.54) is 33.3 Å². The number of hydrogen-bond acceptors (Lipinski definition) is 1. The van der Waals surface area contributed by atoms with Crippen molar-refractivity contribution in [2.75, 3.05) is 0 Å². The highest BCUT2D eigenvalue weighted by Crippen LogP contribution is 2.30. The number of hydrogen-bond donors (Lipinski definition) is 1. The monoisotopic (exact) mass is 244 g/mol. The first-order valence-corrected chi connectivity index (χ1v) is 6.73. The maximum atomic E-state index is 5.89. The summed E-state index contributed by atoms with van der Waals surface area (Å²) in [6.45, 7) is 8.69. The molecule has 0 saturated heterocycles. The van der Waals surface area contributed by atoms with E-state index in [-0.39, 0.29) is 6.04 Å². The summed E-state index contributed by atoms with van der Waals surface area (Å²) in [5.74, 6) is 0. The Morgan fingerprint density at radius 1 is 1.22 bits per heavy atom. The van der Waals surface area contributed by atoms with Gasteiger partial charge in [0.05, 0.1) is 5.52 Å². The van der Waals surface area contributed by atoms with E-state index in [9.17, 15) is 0 Å². The summed E-state index contributed by atoms with van der Waals surface area (Å²) >= 11 is 0. The number of benzene rings is 1. The Morgan fingerprint density at radius 3 is 2.50 bits per heavy atom. The lowest BCUT2D eigenvalue weighted by atomic mass is 10.0. The molecule has 0 aliphatic rings. The summed E-state index contributed by atoms with van der Waals surface area (Å²) in [6.07, 6.45) is 2.12. The zero-order chi connectivity index (χ0) is 13.4. The van der Waals surface area contributed by atoms with Crippen molar-refractivity contribution in [2.24, 2.45) is 12.8 Å². The van der Waals surface area contributed by atoms with Crippen LogP contribution in [0.3, 0.4) is 0 Å². The van der Waals surface area contributed by atoms with Gasteiger partial charge in [-0.2, -0.15) is 0 Å². The van der Waals surface area contributed by atoms with E-state index < -0.39 is 0 Å². The lowest BCUT2D eigenvalue weighted by Crippen LogP contribution is -2.15. The lowest BCUT2D eigenvalue weighted by Gasteiger charge is -2.06. The number of rotatable bonds is 3. The van der Waals surface area contributed by atoms with Gasteiger partial charge in [-0.25, -0.2) is 0 Å². The van der Waals surface area contributed by atoms with Crippen LogP contribution < -0.4 is 5.73 Å². The Bertz CT molecular complexity index is 577. The highest BCUT2D eigenvalue weighted by Gasteiger charge is 2.14. The molecule has 2 heteroatoms. The Kier molecular flexibility index (Phi) is 3.49. The first kappa shape index (κ1) is 13.2. The van der Waals surface area contributed by atoms with Crippen LogP contribution in [0.5, 0.6) is 0 Å². The maximum Gasteiger partial charge on any atom is 0.0515 e. The molecule has 0 aliphatic heterocycles. The van der Waals surface area contributed by atoms with Crippen LogP contribution >= 0.6 is 0 Å². The molecule has 0 saturated carbocycles. The molecule has 0 bridgehead atoms. The summed E-state index contributed by atoms with van der Waals surface area (Å²) in [6, 6.07) is 4.76. The topological polar surface area (TPSA) is 30.9 Å². The molecule has 1 unspecified atom stereocenters. The third kappa shape index (κ3) is 2.05. The second-order valence-corrected chi connectivity index (χ2v) is 5.54. The van der Waals surface area contributed by atoms with Gasteiger partial charge in [0.1, 0.15) is 0 Å². The van der Waals surface area contributed by atoms with Gasteiger partial charge in [-0.1, -0.05) is 12.1 Å². The van der Waals surface area contributed by atoms with Gasteiger partial charge >= 0.3 is 0 Å². The molecule has 2 aromatic rings. The molecule has 0 spiro atoms. The molecule has 2 N–H and O–H groups in total. The standard InChI is InChI=1S/C16H24N2/c1-10-6-8-15-14(9-7-11(2)17)13(4)18(5)16(15)12(10)3/h6,8,11H,7,9,17H2,1-5H3. The molecule has 2 nitrogen and oxygen atoms in total. The molecular formula is C16H24N2. The average molecular weight is 244 g/mol. The molecular weight excluding hydrogens is 220 g/mol. The van der Waals surface area contributed by atoms with Crippen LogP contribution in [0.4, 0.5) is 0 Å². The fourth-order valence-corrected chi connectivity index (χ4v) is 2.73. The summed E-state index contributed by atoms with van der Waals surface area (Å²) in [5, 5.41) is 1.40. The van der Waals surface area contributed by atoms with E-state index in [1.807, 2.05) is 0 Å². The number of nitrogens with two attached hydrogens (primary N) is 1. The minimum absolute atomic E-state index is 0.270. The molecule has 2 rings (SSSR count). The van der Waals surface area contributed by atoms with Crippen LogP contribution in [0.25, 0.3) is 10.9 Å². The summed E-state index contributed by atoms with van der Waals surface area (Å²) in [4.78, 5) is 0. The van der Waals surface area contributed by atoms with Crippen LogP contribution in [0.1, 0.15) is 35.7 Å². The van der Waals surface area contributed by atoms with Crippen molar-refractivity contribution in [1.82, 2.24) is 4.57 Å². The zero-order valence-corrected chi connectivity index (χ0v) is 12.2. The number of fused-ring (bicyclic) bond motifs is 1. The minimum Gasteiger partial charge on any atom is -0.347 e. The molecule has 0 aliphatic carbocycles. The highest BCUT2D eigenvalue weighted by molar-refractivity contribution is 5.89. The number of aryl methyl sites for hydroxylation is 4. The predicted molar refractivity (Wildman–Crippen MR) is 79.1 cm³/mol. The quantitative estimate of drug-likeness (QED) is 0.881. The SMILES string of the molecule is Cc1ccc2c(CCC(C)N)c(C)n(C)c2c1C. The molecule has 18 heavy (non-hydrogen) atoms. The summed E-state index contributed by atoms with van der Waals surface area (Å²) < 4.78 is 2.33. The van der Waals surface area contributed by atoms with E-state index in [0.29, 0.717) is 0 Å². The molecule has 0 radical (unpaired) electrons. The van der Waals surface area contributed by atoms with Crippen molar-refractivity contribution >= 4 is 10.9 Å². The van der Waals surface area contributed by atoms with Crippen molar-refractivity contribution in [1.29, 1.82) is 0 Å². The molecule has 0 fully saturated rings. The van der Waals surface area contributed by atoms with Gasteiger partial charge in [0.15, 0.2) is 0 Å². The average Bonchev–Trinajstić information content (AvgIpc) is 2.55. The van der Waals surface area contributed by atoms with E-state index in [0.717, 1.165) is 12.8 Å². The van der Waals surface area contributed by atoms with Gasteiger partial charge in [0, 0.05) is 24.2 Å². The van der Waals surface area contributed by atoms with Crippen LogP contribution in [0, 0.1) is 20.8 Å². The Hall–Kier alpha value is -1.28. The van der Waals surface area contributed by atoms with Crippen LogP contribution in [-0.2, 0) is 13.5 Å². The smallest absolute Gasteiger partial charge is 0.0515 e. The Balaban J connectivity index is 2.60. The fraction of sp³-hybridized carbons (Fsp3) is 0.500. The second-order valence-electron chi connectivity index (χ2n) is 5.54. The van der Waals surface area contributed by atoms with Gasteiger partial charge < -0.3 is 10.3 Å². The van der Waals surface area contributed by atoms with Crippen LogP contribution in [0.15, 0.2) is 12.1 Å². The van der Waals surface area contributed by atoms with Gasteiger partial charge in [-0.3, -0.25) is 0 Å².